The molecule has 5 fully saturated rings. The monoisotopic (exact) mass is 486 g/mol. The number of ether oxygens (including phenoxy) is 1. The van der Waals surface area contributed by atoms with E-state index in [1.54, 1.807) is 0 Å². The second kappa shape index (κ2) is 10.1. The van der Waals surface area contributed by atoms with Crippen molar-refractivity contribution in [2.45, 2.75) is 94.8 Å². The van der Waals surface area contributed by atoms with Crippen molar-refractivity contribution in [1.82, 2.24) is 15.0 Å². The number of rotatable bonds is 7. The summed E-state index contributed by atoms with van der Waals surface area (Å²) in [7, 11) is 0. The smallest absolute Gasteiger partial charge is 0.339 e. The van der Waals surface area contributed by atoms with Crippen molar-refractivity contribution in [1.29, 1.82) is 0 Å². The first-order chi connectivity index (χ1) is 16.9. The zero-order valence-corrected chi connectivity index (χ0v) is 20.7. The minimum absolute atomic E-state index is 0.0281. The quantitative estimate of drug-likeness (QED) is 0.447. The Labute approximate surface area is 207 Å². The van der Waals surface area contributed by atoms with Gasteiger partial charge in [0.1, 0.15) is 19.2 Å². The number of hydrogen-bond acceptors (Lipinski definition) is 7. The highest BCUT2D eigenvalue weighted by molar-refractivity contribution is 5.81. The number of primary amides is 1. The lowest BCUT2D eigenvalue weighted by Gasteiger charge is -2.54. The summed E-state index contributed by atoms with van der Waals surface area (Å²) >= 11 is 0. The highest BCUT2D eigenvalue weighted by atomic mass is 16.6. The van der Waals surface area contributed by atoms with Crippen molar-refractivity contribution < 1.29 is 23.9 Å². The van der Waals surface area contributed by atoms with Crippen LogP contribution in [-0.4, -0.2) is 67.8 Å². The Hall–Kier alpha value is -2.13. The third-order valence-electron chi connectivity index (χ3n) is 9.58. The Bertz CT molecular complexity index is 874. The van der Waals surface area contributed by atoms with Gasteiger partial charge < -0.3 is 20.1 Å². The number of amides is 1. The number of nitrogens with two attached hydrogens (primary N) is 1. The third-order valence-corrected chi connectivity index (χ3v) is 9.58. The van der Waals surface area contributed by atoms with Gasteiger partial charge in [0.15, 0.2) is 17.5 Å². The van der Waals surface area contributed by atoms with E-state index >= 15 is 0 Å². The molecule has 0 spiro atoms. The standard InChI is InChI=1S/C26H39N5O4/c27-23(32)22(24-29-16-28-17-30-24)31-13-11-18(12-14-31)21(15-31)35-25(33)26(34,19-7-3-1-4-8-19)20-9-5-2-6-10-20/h16-22,34H,1-15H2,(H-,27,32)/p+1/t18?,21-,22?,31?/m0/s1. The van der Waals surface area contributed by atoms with E-state index < -0.39 is 23.5 Å². The second-order valence-corrected chi connectivity index (χ2v) is 11.4. The third kappa shape index (κ3) is 4.57. The maximum absolute atomic E-state index is 13.9. The fourth-order valence-electron chi connectivity index (χ4n) is 7.68. The molecule has 3 saturated heterocycles. The Morgan fingerprint density at radius 2 is 1.49 bits per heavy atom. The lowest BCUT2D eigenvalue weighted by atomic mass is 9.66. The summed E-state index contributed by atoms with van der Waals surface area (Å²) in [4.78, 5) is 38.9. The molecule has 0 aromatic carbocycles. The number of aliphatic hydroxyl groups is 1. The van der Waals surface area contributed by atoms with Gasteiger partial charge in [-0.15, -0.1) is 0 Å². The van der Waals surface area contributed by atoms with Crippen molar-refractivity contribution in [2.24, 2.45) is 23.5 Å². The second-order valence-electron chi connectivity index (χ2n) is 11.4. The minimum atomic E-state index is -1.41. The van der Waals surface area contributed by atoms with Crippen LogP contribution in [0.2, 0.25) is 0 Å². The van der Waals surface area contributed by atoms with Crippen LogP contribution in [0.5, 0.6) is 0 Å². The van der Waals surface area contributed by atoms with Gasteiger partial charge in [0, 0.05) is 18.8 Å². The molecule has 1 unspecified atom stereocenters. The van der Waals surface area contributed by atoms with Crippen LogP contribution in [0.25, 0.3) is 0 Å². The predicted octanol–water partition coefficient (Wildman–Crippen LogP) is 2.44. The van der Waals surface area contributed by atoms with Gasteiger partial charge in [-0.25, -0.2) is 19.7 Å². The normalized spacial score (nSPS) is 31.1. The number of piperidine rings is 3. The first-order valence-electron chi connectivity index (χ1n) is 13.6. The molecule has 192 valence electrons. The molecule has 0 radical (unpaired) electrons. The Balaban J connectivity index is 1.38. The summed E-state index contributed by atoms with van der Waals surface area (Å²) in [5.41, 5.74) is 4.48. The topological polar surface area (TPSA) is 128 Å². The molecule has 5 aliphatic rings. The predicted molar refractivity (Wildman–Crippen MR) is 127 cm³/mol. The zero-order valence-electron chi connectivity index (χ0n) is 20.7. The van der Waals surface area contributed by atoms with Crippen LogP contribution >= 0.6 is 0 Å². The van der Waals surface area contributed by atoms with Gasteiger partial charge in [0.25, 0.3) is 5.91 Å². The zero-order chi connectivity index (χ0) is 24.5. The van der Waals surface area contributed by atoms with Crippen molar-refractivity contribution in [3.05, 3.63) is 18.5 Å². The Morgan fingerprint density at radius 3 is 2.00 bits per heavy atom. The molecule has 3 N–H and O–H groups in total. The summed E-state index contributed by atoms with van der Waals surface area (Å²) in [6.07, 6.45) is 14.3. The molecule has 2 aliphatic carbocycles. The molecule has 4 heterocycles. The number of carbonyl (C=O) groups excluding carboxylic acids is 2. The maximum atomic E-state index is 13.9. The number of hydrogen-bond donors (Lipinski definition) is 2. The lowest BCUT2D eigenvalue weighted by molar-refractivity contribution is -0.965. The van der Waals surface area contributed by atoms with E-state index in [2.05, 4.69) is 15.0 Å². The van der Waals surface area contributed by atoms with Crippen LogP contribution in [0.15, 0.2) is 12.7 Å². The molecule has 1 aromatic rings. The van der Waals surface area contributed by atoms with Crippen LogP contribution in [0.3, 0.4) is 0 Å². The van der Waals surface area contributed by atoms with Gasteiger partial charge >= 0.3 is 5.97 Å². The molecular weight excluding hydrogens is 446 g/mol. The molecule has 1 aromatic heterocycles. The first-order valence-corrected chi connectivity index (χ1v) is 13.6. The average molecular weight is 487 g/mol. The fraction of sp³-hybridized carbons (Fsp3) is 0.808. The SMILES string of the molecule is NC(=O)C(c1ncncn1)[N+]12CCC(CC1)[C@@H](OC(=O)C(O)(C1CCCCC1)C1CCCCC1)C2. The maximum Gasteiger partial charge on any atom is 0.339 e. The van der Waals surface area contributed by atoms with Crippen LogP contribution in [0, 0.1) is 17.8 Å². The first kappa shape index (κ1) is 24.6. The van der Waals surface area contributed by atoms with Gasteiger partial charge in [-0.1, -0.05) is 38.5 Å². The summed E-state index contributed by atoms with van der Waals surface area (Å²) in [5.74, 6) is -0.336. The lowest BCUT2D eigenvalue weighted by Crippen LogP contribution is -2.68. The molecule has 3 aliphatic heterocycles. The molecule has 9 nitrogen and oxygen atoms in total. The van der Waals surface area contributed by atoms with E-state index in [9.17, 15) is 14.7 Å². The van der Waals surface area contributed by atoms with Gasteiger partial charge in [0.05, 0.1) is 13.1 Å². The van der Waals surface area contributed by atoms with E-state index in [-0.39, 0.29) is 23.9 Å². The molecule has 2 bridgehead atoms. The molecule has 2 atom stereocenters. The van der Waals surface area contributed by atoms with E-state index in [4.69, 9.17) is 10.5 Å². The average Bonchev–Trinajstić information content (AvgIpc) is 2.90. The molecule has 1 amide bonds. The summed E-state index contributed by atoms with van der Waals surface area (Å²) < 4.78 is 6.68. The van der Waals surface area contributed by atoms with Crippen molar-refractivity contribution in [3.8, 4) is 0 Å². The van der Waals surface area contributed by atoms with Gasteiger partial charge in [-0.3, -0.25) is 4.79 Å². The van der Waals surface area contributed by atoms with E-state index in [0.717, 1.165) is 77.3 Å². The van der Waals surface area contributed by atoms with Gasteiger partial charge in [-0.05, 0) is 37.5 Å². The Morgan fingerprint density at radius 1 is 0.943 bits per heavy atom. The number of quaternary nitrogens is 1. The van der Waals surface area contributed by atoms with E-state index in [1.165, 1.54) is 25.5 Å². The van der Waals surface area contributed by atoms with E-state index in [1.807, 2.05) is 0 Å². The largest absolute Gasteiger partial charge is 0.454 e. The van der Waals surface area contributed by atoms with Crippen molar-refractivity contribution in [3.63, 3.8) is 0 Å². The van der Waals surface area contributed by atoms with Crippen molar-refractivity contribution in [2.75, 3.05) is 19.6 Å². The number of esters is 1. The number of fused-ring (bicyclic) bond motifs is 3. The van der Waals surface area contributed by atoms with Crippen molar-refractivity contribution >= 4 is 11.9 Å². The number of carbonyl (C=O) groups is 2. The molecular formula is C26H40N5O4+. The van der Waals surface area contributed by atoms with Gasteiger partial charge in [-0.2, -0.15) is 0 Å². The van der Waals surface area contributed by atoms with E-state index in [0.29, 0.717) is 16.9 Å². The summed E-state index contributed by atoms with van der Waals surface area (Å²) in [6.45, 7) is 2.04. The van der Waals surface area contributed by atoms with Crippen LogP contribution in [-0.2, 0) is 14.3 Å². The molecule has 9 heteroatoms. The number of nitrogens with zero attached hydrogens (tertiary/aromatic N) is 4. The number of aromatic nitrogens is 3. The van der Waals surface area contributed by atoms with Gasteiger partial charge in [0.2, 0.25) is 6.04 Å². The fourth-order valence-corrected chi connectivity index (χ4v) is 7.68. The Kier molecular flexibility index (Phi) is 7.08. The minimum Gasteiger partial charge on any atom is -0.454 e. The van der Waals surface area contributed by atoms with Crippen LogP contribution in [0.1, 0.15) is 88.9 Å². The summed E-state index contributed by atoms with van der Waals surface area (Å²) in [5, 5.41) is 12.1. The van der Waals surface area contributed by atoms with Crippen LogP contribution in [0.4, 0.5) is 0 Å². The highest BCUT2D eigenvalue weighted by Gasteiger charge is 2.57. The highest BCUT2D eigenvalue weighted by Crippen LogP contribution is 2.46. The van der Waals surface area contributed by atoms with Crippen LogP contribution < -0.4 is 5.73 Å². The molecule has 2 saturated carbocycles. The molecule has 35 heavy (non-hydrogen) atoms. The molecule has 6 rings (SSSR count). The summed E-state index contributed by atoms with van der Waals surface area (Å²) in [6, 6.07) is -0.698.